The molecular formula is C18H26N2. The van der Waals surface area contributed by atoms with Gasteiger partial charge in [-0.1, -0.05) is 44.4 Å². The molecule has 108 valence electrons. The predicted octanol–water partition coefficient (Wildman–Crippen LogP) is 5.04. The van der Waals surface area contributed by atoms with Gasteiger partial charge in [0.05, 0.1) is 0 Å². The van der Waals surface area contributed by atoms with Crippen molar-refractivity contribution in [2.24, 2.45) is 0 Å². The van der Waals surface area contributed by atoms with Crippen LogP contribution in [0, 0.1) is 0 Å². The first-order valence-corrected chi connectivity index (χ1v) is 8.15. The van der Waals surface area contributed by atoms with E-state index in [2.05, 4.69) is 35.4 Å². The highest BCUT2D eigenvalue weighted by atomic mass is 14.9. The molecule has 1 aromatic carbocycles. The standard InChI is InChI=1S/C18H26N2/c1-2-14-11-12-17(19-15-7-3-4-8-15)13-18(14)20-16-9-5-6-10-16/h2,11-13,15-16,19-20H,1,3-10H2. The van der Waals surface area contributed by atoms with Gasteiger partial charge in [-0.25, -0.2) is 0 Å². The van der Waals surface area contributed by atoms with Gasteiger partial charge < -0.3 is 10.6 Å². The highest BCUT2D eigenvalue weighted by Crippen LogP contribution is 2.29. The lowest BCUT2D eigenvalue weighted by atomic mass is 10.1. The SMILES string of the molecule is C=Cc1ccc(NC2CCCC2)cc1NC1CCCC1. The van der Waals surface area contributed by atoms with Crippen molar-refractivity contribution in [3.05, 3.63) is 30.3 Å². The van der Waals surface area contributed by atoms with E-state index in [1.54, 1.807) is 0 Å². The fourth-order valence-corrected chi connectivity index (χ4v) is 3.54. The summed E-state index contributed by atoms with van der Waals surface area (Å²) in [5, 5.41) is 7.40. The maximum absolute atomic E-state index is 3.94. The molecule has 0 spiro atoms. The van der Waals surface area contributed by atoms with Crippen molar-refractivity contribution in [2.45, 2.75) is 63.5 Å². The van der Waals surface area contributed by atoms with E-state index in [1.165, 1.54) is 68.3 Å². The van der Waals surface area contributed by atoms with Crippen LogP contribution in [0.15, 0.2) is 24.8 Å². The number of rotatable bonds is 5. The van der Waals surface area contributed by atoms with Crippen LogP contribution >= 0.6 is 0 Å². The summed E-state index contributed by atoms with van der Waals surface area (Å²) in [5.41, 5.74) is 3.71. The Morgan fingerprint density at radius 2 is 1.50 bits per heavy atom. The largest absolute Gasteiger partial charge is 0.382 e. The Balaban J connectivity index is 1.72. The average molecular weight is 270 g/mol. The van der Waals surface area contributed by atoms with Gasteiger partial charge >= 0.3 is 0 Å². The van der Waals surface area contributed by atoms with Crippen molar-refractivity contribution >= 4 is 17.5 Å². The van der Waals surface area contributed by atoms with E-state index < -0.39 is 0 Å². The second-order valence-electron chi connectivity index (χ2n) is 6.26. The van der Waals surface area contributed by atoms with Crippen LogP contribution < -0.4 is 10.6 Å². The van der Waals surface area contributed by atoms with Crippen molar-refractivity contribution in [2.75, 3.05) is 10.6 Å². The van der Waals surface area contributed by atoms with Crippen molar-refractivity contribution in [3.8, 4) is 0 Å². The van der Waals surface area contributed by atoms with E-state index >= 15 is 0 Å². The molecule has 3 rings (SSSR count). The molecular weight excluding hydrogens is 244 g/mol. The number of anilines is 2. The summed E-state index contributed by atoms with van der Waals surface area (Å²) in [5.74, 6) is 0. The maximum atomic E-state index is 3.94. The Bertz CT molecular complexity index is 454. The van der Waals surface area contributed by atoms with Crippen molar-refractivity contribution in [3.63, 3.8) is 0 Å². The van der Waals surface area contributed by atoms with E-state index in [0.29, 0.717) is 12.1 Å². The lowest BCUT2D eigenvalue weighted by Crippen LogP contribution is -2.17. The minimum absolute atomic E-state index is 0.649. The minimum atomic E-state index is 0.649. The first-order valence-electron chi connectivity index (χ1n) is 8.15. The zero-order chi connectivity index (χ0) is 13.8. The normalized spacial score (nSPS) is 20.2. The van der Waals surface area contributed by atoms with E-state index in [1.807, 2.05) is 6.08 Å². The number of hydrogen-bond acceptors (Lipinski definition) is 2. The summed E-state index contributed by atoms with van der Waals surface area (Å²) in [7, 11) is 0. The molecule has 1 aromatic rings. The zero-order valence-electron chi connectivity index (χ0n) is 12.3. The molecule has 0 aliphatic heterocycles. The summed E-state index contributed by atoms with van der Waals surface area (Å²) in [6.45, 7) is 3.94. The zero-order valence-corrected chi connectivity index (χ0v) is 12.3. The van der Waals surface area contributed by atoms with Crippen molar-refractivity contribution in [1.82, 2.24) is 0 Å². The number of hydrogen-bond donors (Lipinski definition) is 2. The lowest BCUT2D eigenvalue weighted by Gasteiger charge is -2.19. The molecule has 0 amide bonds. The molecule has 2 aliphatic rings. The Morgan fingerprint density at radius 1 is 0.900 bits per heavy atom. The predicted molar refractivity (Wildman–Crippen MR) is 88.3 cm³/mol. The molecule has 0 unspecified atom stereocenters. The molecule has 2 saturated carbocycles. The summed E-state index contributed by atoms with van der Waals surface area (Å²) in [6.07, 6.45) is 12.7. The molecule has 0 heterocycles. The quantitative estimate of drug-likeness (QED) is 0.783. The van der Waals surface area contributed by atoms with Crippen LogP contribution in [0.4, 0.5) is 11.4 Å². The van der Waals surface area contributed by atoms with Crippen LogP contribution in [0.2, 0.25) is 0 Å². The van der Waals surface area contributed by atoms with Gasteiger partial charge in [0, 0.05) is 23.5 Å². The van der Waals surface area contributed by atoms with Gasteiger partial charge in [0.25, 0.3) is 0 Å². The Labute approximate surface area is 122 Å². The summed E-state index contributed by atoms with van der Waals surface area (Å²) in [6, 6.07) is 7.96. The monoisotopic (exact) mass is 270 g/mol. The Morgan fingerprint density at radius 3 is 2.10 bits per heavy atom. The minimum Gasteiger partial charge on any atom is -0.382 e. The van der Waals surface area contributed by atoms with E-state index in [0.717, 1.165) is 0 Å². The molecule has 2 aliphatic carbocycles. The van der Waals surface area contributed by atoms with Gasteiger partial charge in [-0.2, -0.15) is 0 Å². The van der Waals surface area contributed by atoms with E-state index in [-0.39, 0.29) is 0 Å². The van der Waals surface area contributed by atoms with Crippen LogP contribution in [0.3, 0.4) is 0 Å². The third-order valence-corrected chi connectivity index (χ3v) is 4.71. The van der Waals surface area contributed by atoms with Gasteiger partial charge in [0.15, 0.2) is 0 Å². The van der Waals surface area contributed by atoms with Crippen molar-refractivity contribution < 1.29 is 0 Å². The van der Waals surface area contributed by atoms with Crippen LogP contribution in [0.1, 0.15) is 56.9 Å². The molecule has 2 heteroatoms. The van der Waals surface area contributed by atoms with Gasteiger partial charge in [-0.15, -0.1) is 0 Å². The number of benzene rings is 1. The third-order valence-electron chi connectivity index (χ3n) is 4.71. The molecule has 2 fully saturated rings. The second kappa shape index (κ2) is 6.34. The summed E-state index contributed by atoms with van der Waals surface area (Å²) < 4.78 is 0. The fraction of sp³-hybridized carbons (Fsp3) is 0.556. The van der Waals surface area contributed by atoms with Crippen LogP contribution in [-0.4, -0.2) is 12.1 Å². The molecule has 20 heavy (non-hydrogen) atoms. The Kier molecular flexibility index (Phi) is 4.29. The van der Waals surface area contributed by atoms with Gasteiger partial charge in [-0.3, -0.25) is 0 Å². The van der Waals surface area contributed by atoms with Crippen molar-refractivity contribution in [1.29, 1.82) is 0 Å². The van der Waals surface area contributed by atoms with Gasteiger partial charge in [-0.05, 0) is 43.4 Å². The molecule has 0 atom stereocenters. The summed E-state index contributed by atoms with van der Waals surface area (Å²) >= 11 is 0. The molecule has 0 radical (unpaired) electrons. The smallest absolute Gasteiger partial charge is 0.0436 e. The third kappa shape index (κ3) is 3.17. The lowest BCUT2D eigenvalue weighted by molar-refractivity contribution is 0.751. The van der Waals surface area contributed by atoms with Crippen LogP contribution in [-0.2, 0) is 0 Å². The molecule has 2 nitrogen and oxygen atoms in total. The molecule has 0 saturated heterocycles. The van der Waals surface area contributed by atoms with Crippen LogP contribution in [0.25, 0.3) is 6.08 Å². The van der Waals surface area contributed by atoms with Crippen LogP contribution in [0.5, 0.6) is 0 Å². The van der Waals surface area contributed by atoms with E-state index in [9.17, 15) is 0 Å². The fourth-order valence-electron chi connectivity index (χ4n) is 3.54. The molecule has 2 N–H and O–H groups in total. The topological polar surface area (TPSA) is 24.1 Å². The first-order chi connectivity index (χ1) is 9.85. The Hall–Kier alpha value is -1.44. The first kappa shape index (κ1) is 13.5. The number of nitrogens with one attached hydrogen (secondary N) is 2. The highest BCUT2D eigenvalue weighted by molar-refractivity contribution is 5.71. The summed E-state index contributed by atoms with van der Waals surface area (Å²) in [4.78, 5) is 0. The molecule has 0 bridgehead atoms. The average Bonchev–Trinajstić information content (AvgIpc) is 3.13. The highest BCUT2D eigenvalue weighted by Gasteiger charge is 2.17. The van der Waals surface area contributed by atoms with E-state index in [4.69, 9.17) is 0 Å². The van der Waals surface area contributed by atoms with Gasteiger partial charge in [0.1, 0.15) is 0 Å². The second-order valence-corrected chi connectivity index (χ2v) is 6.26. The van der Waals surface area contributed by atoms with Gasteiger partial charge in [0.2, 0.25) is 0 Å². The maximum Gasteiger partial charge on any atom is 0.0436 e. The molecule has 0 aromatic heterocycles.